The van der Waals surface area contributed by atoms with Gasteiger partial charge in [0.2, 0.25) is 0 Å². The van der Waals surface area contributed by atoms with Crippen molar-refractivity contribution in [1.82, 2.24) is 0 Å². The van der Waals surface area contributed by atoms with E-state index in [4.69, 9.17) is 5.11 Å². The third kappa shape index (κ3) is 1.27. The standard InChI is InChI=1S/C9H8O3S/c10-7-3-1-2-5-6(7)4-13-8(5)9(11)12/h4H,1-3H2,(H,11,12). The number of rotatable bonds is 1. The molecule has 0 aliphatic heterocycles. The van der Waals surface area contributed by atoms with Gasteiger partial charge in [-0.15, -0.1) is 11.3 Å². The Morgan fingerprint density at radius 2 is 2.23 bits per heavy atom. The maximum atomic E-state index is 11.3. The van der Waals surface area contributed by atoms with Crippen LogP contribution in [0.2, 0.25) is 0 Å². The number of Topliss-reactive ketones (excluding diaryl/α,β-unsaturated/α-hetero) is 1. The summed E-state index contributed by atoms with van der Waals surface area (Å²) >= 11 is 1.16. The van der Waals surface area contributed by atoms with Crippen LogP contribution >= 0.6 is 11.3 Å². The third-order valence-electron chi connectivity index (χ3n) is 2.22. The van der Waals surface area contributed by atoms with E-state index in [1.807, 2.05) is 0 Å². The summed E-state index contributed by atoms with van der Waals surface area (Å²) in [5.41, 5.74) is 1.38. The molecule has 68 valence electrons. The largest absolute Gasteiger partial charge is 0.477 e. The van der Waals surface area contributed by atoms with E-state index >= 15 is 0 Å². The van der Waals surface area contributed by atoms with E-state index in [-0.39, 0.29) is 5.78 Å². The van der Waals surface area contributed by atoms with Crippen molar-refractivity contribution in [2.75, 3.05) is 0 Å². The minimum atomic E-state index is -0.916. The topological polar surface area (TPSA) is 54.4 Å². The highest BCUT2D eigenvalue weighted by atomic mass is 32.1. The number of carbonyl (C=O) groups is 2. The lowest BCUT2D eigenvalue weighted by Crippen LogP contribution is -2.10. The number of carbonyl (C=O) groups excluding carboxylic acids is 1. The minimum absolute atomic E-state index is 0.0880. The van der Waals surface area contributed by atoms with Crippen LogP contribution in [0.25, 0.3) is 0 Å². The zero-order valence-corrected chi connectivity index (χ0v) is 7.69. The zero-order chi connectivity index (χ0) is 9.42. The number of hydrogen-bond donors (Lipinski definition) is 1. The van der Waals surface area contributed by atoms with E-state index in [1.165, 1.54) is 0 Å². The Bertz CT molecular complexity index is 365. The van der Waals surface area contributed by atoms with E-state index in [9.17, 15) is 9.59 Å². The molecule has 0 aromatic carbocycles. The molecule has 4 heteroatoms. The first-order valence-corrected chi connectivity index (χ1v) is 4.95. The fourth-order valence-electron chi connectivity index (χ4n) is 1.60. The van der Waals surface area contributed by atoms with Crippen molar-refractivity contribution < 1.29 is 14.7 Å². The Labute approximate surface area is 79.0 Å². The number of hydrogen-bond acceptors (Lipinski definition) is 3. The van der Waals surface area contributed by atoms with Crippen LogP contribution in [0.1, 0.15) is 38.4 Å². The SMILES string of the molecule is O=C1CCCc2c1csc2C(=O)O. The van der Waals surface area contributed by atoms with Crippen LogP contribution in [0.15, 0.2) is 5.38 Å². The fourth-order valence-corrected chi connectivity index (χ4v) is 2.57. The van der Waals surface area contributed by atoms with E-state index < -0.39 is 5.97 Å². The Hall–Kier alpha value is -1.16. The maximum Gasteiger partial charge on any atom is 0.346 e. The molecule has 0 saturated heterocycles. The lowest BCUT2D eigenvalue weighted by atomic mass is 9.93. The molecule has 1 heterocycles. The smallest absolute Gasteiger partial charge is 0.346 e. The molecule has 1 aromatic rings. The third-order valence-corrected chi connectivity index (χ3v) is 3.23. The zero-order valence-electron chi connectivity index (χ0n) is 6.87. The molecule has 0 amide bonds. The molecule has 13 heavy (non-hydrogen) atoms. The molecule has 0 unspecified atom stereocenters. The van der Waals surface area contributed by atoms with Crippen LogP contribution in [0, 0.1) is 0 Å². The predicted octanol–water partition coefficient (Wildman–Crippen LogP) is 1.97. The Kier molecular flexibility index (Phi) is 1.92. The van der Waals surface area contributed by atoms with Gasteiger partial charge in [-0.25, -0.2) is 4.79 Å². The highest BCUT2D eigenvalue weighted by molar-refractivity contribution is 7.12. The summed E-state index contributed by atoms with van der Waals surface area (Å²) in [7, 11) is 0. The summed E-state index contributed by atoms with van der Waals surface area (Å²) in [6.45, 7) is 0. The predicted molar refractivity (Wildman–Crippen MR) is 48.5 cm³/mol. The Balaban J connectivity index is 2.53. The molecule has 0 spiro atoms. The second kappa shape index (κ2) is 2.96. The van der Waals surface area contributed by atoms with E-state index in [2.05, 4.69) is 0 Å². The van der Waals surface area contributed by atoms with Gasteiger partial charge >= 0.3 is 5.97 Å². The number of carboxylic acid groups (broad SMARTS) is 1. The fraction of sp³-hybridized carbons (Fsp3) is 0.333. The van der Waals surface area contributed by atoms with Crippen LogP contribution in [-0.2, 0) is 6.42 Å². The molecule has 0 radical (unpaired) electrons. The number of thiophene rings is 1. The van der Waals surface area contributed by atoms with Crippen molar-refractivity contribution in [2.45, 2.75) is 19.3 Å². The van der Waals surface area contributed by atoms with Gasteiger partial charge in [-0.1, -0.05) is 0 Å². The summed E-state index contributed by atoms with van der Waals surface area (Å²) < 4.78 is 0. The van der Waals surface area contributed by atoms with Gasteiger partial charge < -0.3 is 5.11 Å². The van der Waals surface area contributed by atoms with Crippen molar-refractivity contribution in [2.24, 2.45) is 0 Å². The van der Waals surface area contributed by atoms with Gasteiger partial charge in [0.1, 0.15) is 4.88 Å². The van der Waals surface area contributed by atoms with Crippen LogP contribution in [-0.4, -0.2) is 16.9 Å². The molecule has 0 fully saturated rings. The van der Waals surface area contributed by atoms with Gasteiger partial charge in [0, 0.05) is 17.4 Å². The second-order valence-corrected chi connectivity index (χ2v) is 3.92. The molecule has 1 aliphatic carbocycles. The van der Waals surface area contributed by atoms with Gasteiger partial charge in [0.25, 0.3) is 0 Å². The molecule has 1 N–H and O–H groups in total. The molecule has 0 saturated carbocycles. The Morgan fingerprint density at radius 3 is 2.92 bits per heavy atom. The van der Waals surface area contributed by atoms with Crippen LogP contribution < -0.4 is 0 Å². The van der Waals surface area contributed by atoms with E-state index in [1.54, 1.807) is 5.38 Å². The number of carboxylic acids is 1. The Morgan fingerprint density at radius 1 is 1.46 bits per heavy atom. The lowest BCUT2D eigenvalue weighted by molar-refractivity contribution is 0.0701. The van der Waals surface area contributed by atoms with Gasteiger partial charge in [0.05, 0.1) is 0 Å². The van der Waals surface area contributed by atoms with E-state index in [0.717, 1.165) is 29.7 Å². The first-order chi connectivity index (χ1) is 6.20. The lowest BCUT2D eigenvalue weighted by Gasteiger charge is -2.09. The molecule has 1 aromatic heterocycles. The average Bonchev–Trinajstić information content (AvgIpc) is 2.48. The van der Waals surface area contributed by atoms with Crippen molar-refractivity contribution >= 4 is 23.1 Å². The number of fused-ring (bicyclic) bond motifs is 1. The van der Waals surface area contributed by atoms with Crippen molar-refractivity contribution in [1.29, 1.82) is 0 Å². The molecule has 3 nitrogen and oxygen atoms in total. The van der Waals surface area contributed by atoms with Gasteiger partial charge in [-0.3, -0.25) is 4.79 Å². The van der Waals surface area contributed by atoms with Gasteiger partial charge in [-0.05, 0) is 18.4 Å². The number of ketones is 1. The van der Waals surface area contributed by atoms with Crippen LogP contribution in [0.3, 0.4) is 0 Å². The highest BCUT2D eigenvalue weighted by Crippen LogP contribution is 2.29. The van der Waals surface area contributed by atoms with Gasteiger partial charge in [-0.2, -0.15) is 0 Å². The monoisotopic (exact) mass is 196 g/mol. The van der Waals surface area contributed by atoms with Crippen LogP contribution in [0.5, 0.6) is 0 Å². The first-order valence-electron chi connectivity index (χ1n) is 4.07. The summed E-state index contributed by atoms with van der Waals surface area (Å²) in [5.74, 6) is -0.828. The minimum Gasteiger partial charge on any atom is -0.477 e. The first kappa shape index (κ1) is 8.44. The van der Waals surface area contributed by atoms with Crippen molar-refractivity contribution in [3.8, 4) is 0 Å². The molecule has 0 bridgehead atoms. The summed E-state index contributed by atoms with van der Waals surface area (Å²) in [4.78, 5) is 22.4. The average molecular weight is 196 g/mol. The molecule has 1 aliphatic rings. The second-order valence-electron chi connectivity index (χ2n) is 3.04. The molecule has 2 rings (SSSR count). The normalized spacial score (nSPS) is 15.5. The molecular weight excluding hydrogens is 188 g/mol. The highest BCUT2D eigenvalue weighted by Gasteiger charge is 2.24. The quantitative estimate of drug-likeness (QED) is 0.747. The van der Waals surface area contributed by atoms with Crippen LogP contribution in [0.4, 0.5) is 0 Å². The summed E-state index contributed by atoms with van der Waals surface area (Å²) in [5, 5.41) is 10.5. The van der Waals surface area contributed by atoms with Gasteiger partial charge in [0.15, 0.2) is 5.78 Å². The molecule has 0 atom stereocenters. The van der Waals surface area contributed by atoms with Crippen molar-refractivity contribution in [3.05, 3.63) is 21.4 Å². The van der Waals surface area contributed by atoms with E-state index in [0.29, 0.717) is 16.9 Å². The maximum absolute atomic E-state index is 11.3. The summed E-state index contributed by atoms with van der Waals surface area (Å²) in [6.07, 6.45) is 2.07. The molecular formula is C9H8O3S. The summed E-state index contributed by atoms with van der Waals surface area (Å²) in [6, 6.07) is 0. The van der Waals surface area contributed by atoms with Crippen molar-refractivity contribution in [3.63, 3.8) is 0 Å². The number of aromatic carboxylic acids is 1.